The molecule has 28 heavy (non-hydrogen) atoms. The van der Waals surface area contributed by atoms with Crippen LogP contribution >= 0.6 is 0 Å². The van der Waals surface area contributed by atoms with E-state index in [0.29, 0.717) is 12.0 Å². The van der Waals surface area contributed by atoms with Crippen LogP contribution < -0.4 is 0 Å². The Morgan fingerprint density at radius 2 is 1.96 bits per heavy atom. The molecule has 1 aromatic carbocycles. The van der Waals surface area contributed by atoms with E-state index in [4.69, 9.17) is 14.2 Å². The molecular formula is C22H26O6. The quantitative estimate of drug-likeness (QED) is 0.805. The molecule has 6 heteroatoms. The van der Waals surface area contributed by atoms with Crippen LogP contribution in [0.4, 0.5) is 0 Å². The van der Waals surface area contributed by atoms with Crippen molar-refractivity contribution < 1.29 is 28.9 Å². The monoisotopic (exact) mass is 386 g/mol. The number of fused-ring (bicyclic) bond motifs is 1. The fourth-order valence-corrected chi connectivity index (χ4v) is 4.59. The number of ether oxygens (including phenoxy) is 3. The lowest BCUT2D eigenvalue weighted by Gasteiger charge is -2.68. The van der Waals surface area contributed by atoms with Crippen molar-refractivity contribution in [1.29, 1.82) is 0 Å². The SMILES string of the molecule is CC1=CC(=O)[C@H]2C[C@@]13O[C@](O)(c1ccccc1)OC[C@]23COC(=O)C(C)(C)C. The van der Waals surface area contributed by atoms with Crippen molar-refractivity contribution in [3.05, 3.63) is 47.5 Å². The first kappa shape index (κ1) is 19.3. The molecule has 2 fully saturated rings. The van der Waals surface area contributed by atoms with Gasteiger partial charge in [-0.05, 0) is 45.8 Å². The highest BCUT2D eigenvalue weighted by molar-refractivity contribution is 5.97. The number of hydrogen-bond acceptors (Lipinski definition) is 6. The Morgan fingerprint density at radius 1 is 1.29 bits per heavy atom. The third-order valence-electron chi connectivity index (χ3n) is 6.35. The molecule has 0 unspecified atom stereocenters. The summed E-state index contributed by atoms with van der Waals surface area (Å²) >= 11 is 0. The summed E-state index contributed by atoms with van der Waals surface area (Å²) in [6.45, 7) is 7.23. The van der Waals surface area contributed by atoms with E-state index < -0.39 is 22.4 Å². The van der Waals surface area contributed by atoms with Crippen molar-refractivity contribution >= 4 is 11.8 Å². The second kappa shape index (κ2) is 5.99. The Bertz CT molecular complexity index is 854. The van der Waals surface area contributed by atoms with Gasteiger partial charge in [0.15, 0.2) is 5.78 Å². The maximum Gasteiger partial charge on any atom is 0.311 e. The Balaban J connectivity index is 1.69. The molecule has 1 aromatic rings. The average Bonchev–Trinajstić information content (AvgIpc) is 2.62. The van der Waals surface area contributed by atoms with Crippen LogP contribution in [0.1, 0.15) is 39.7 Å². The van der Waals surface area contributed by atoms with Crippen LogP contribution in [0.2, 0.25) is 0 Å². The molecule has 0 radical (unpaired) electrons. The average molecular weight is 386 g/mol. The van der Waals surface area contributed by atoms with Crippen molar-refractivity contribution in [2.24, 2.45) is 16.7 Å². The molecule has 1 aliphatic heterocycles. The molecule has 2 bridgehead atoms. The number of rotatable bonds is 3. The number of aliphatic hydroxyl groups is 1. The lowest BCUT2D eigenvalue weighted by atomic mass is 9.44. The van der Waals surface area contributed by atoms with Gasteiger partial charge in [-0.25, -0.2) is 0 Å². The predicted molar refractivity (Wildman–Crippen MR) is 99.8 cm³/mol. The summed E-state index contributed by atoms with van der Waals surface area (Å²) in [5, 5.41) is 11.1. The Labute approximate surface area is 164 Å². The third kappa shape index (κ3) is 2.51. The van der Waals surface area contributed by atoms with E-state index in [-0.39, 0.29) is 30.9 Å². The van der Waals surface area contributed by atoms with Crippen molar-refractivity contribution in [3.8, 4) is 0 Å². The van der Waals surface area contributed by atoms with Gasteiger partial charge in [0, 0.05) is 11.5 Å². The van der Waals surface area contributed by atoms with E-state index in [2.05, 4.69) is 0 Å². The highest BCUT2D eigenvalue weighted by Gasteiger charge is 2.76. The third-order valence-corrected chi connectivity index (χ3v) is 6.35. The van der Waals surface area contributed by atoms with Gasteiger partial charge in [0.05, 0.1) is 17.4 Å². The lowest BCUT2D eigenvalue weighted by Crippen LogP contribution is -2.77. The van der Waals surface area contributed by atoms with Gasteiger partial charge in [-0.3, -0.25) is 9.59 Å². The van der Waals surface area contributed by atoms with Crippen molar-refractivity contribution in [1.82, 2.24) is 0 Å². The summed E-state index contributed by atoms with van der Waals surface area (Å²) < 4.78 is 17.6. The number of ketones is 1. The second-order valence-corrected chi connectivity index (χ2v) is 9.13. The number of esters is 1. The minimum Gasteiger partial charge on any atom is -0.464 e. The molecule has 150 valence electrons. The van der Waals surface area contributed by atoms with E-state index in [0.717, 1.165) is 5.57 Å². The Kier molecular flexibility index (Phi) is 4.13. The summed E-state index contributed by atoms with van der Waals surface area (Å²) in [5.74, 6) is -2.63. The lowest BCUT2D eigenvalue weighted by molar-refractivity contribution is -0.485. The molecule has 4 aliphatic rings. The van der Waals surface area contributed by atoms with Crippen LogP contribution in [0.15, 0.2) is 42.0 Å². The summed E-state index contributed by atoms with van der Waals surface area (Å²) in [7, 11) is 0. The van der Waals surface area contributed by atoms with Gasteiger partial charge >= 0.3 is 11.9 Å². The number of hydrogen-bond donors (Lipinski definition) is 1. The molecule has 6 nitrogen and oxygen atoms in total. The summed E-state index contributed by atoms with van der Waals surface area (Å²) in [4.78, 5) is 24.9. The van der Waals surface area contributed by atoms with Crippen LogP contribution in [0.3, 0.4) is 0 Å². The first-order chi connectivity index (χ1) is 13.0. The fourth-order valence-electron chi connectivity index (χ4n) is 4.59. The molecule has 1 heterocycles. The number of carbonyl (C=O) groups excluding carboxylic acids is 2. The molecule has 4 atom stereocenters. The van der Waals surface area contributed by atoms with Gasteiger partial charge in [-0.1, -0.05) is 30.3 Å². The molecule has 1 N–H and O–H groups in total. The zero-order valence-corrected chi connectivity index (χ0v) is 16.7. The molecule has 0 aromatic heterocycles. The normalized spacial score (nSPS) is 36.8. The Hall–Kier alpha value is -2.02. The van der Waals surface area contributed by atoms with Crippen LogP contribution in [-0.4, -0.2) is 35.7 Å². The van der Waals surface area contributed by atoms with E-state index in [1.165, 1.54) is 0 Å². The molecular weight excluding hydrogens is 360 g/mol. The predicted octanol–water partition coefficient (Wildman–Crippen LogP) is 2.70. The maximum absolute atomic E-state index is 12.6. The minimum absolute atomic E-state index is 0.00948. The molecule has 3 aliphatic carbocycles. The molecule has 5 rings (SSSR count). The molecule has 0 amide bonds. The standard InChI is InChI=1S/C22H26O6/c1-14-10-17(23)16-11-21(14)20(16,12-26-18(24)19(2,3)4)13-27-22(25,28-21)15-8-6-5-7-9-15/h5-10,16,25H,11-13H2,1-4H3/t16-,20-,21-,22+/m1/s1. The smallest absolute Gasteiger partial charge is 0.311 e. The largest absolute Gasteiger partial charge is 0.464 e. The number of benzene rings is 1. The minimum atomic E-state index is -1.92. The van der Waals surface area contributed by atoms with Crippen LogP contribution in [-0.2, 0) is 29.8 Å². The van der Waals surface area contributed by atoms with E-state index in [1.807, 2.05) is 13.0 Å². The van der Waals surface area contributed by atoms with Gasteiger partial charge in [0.2, 0.25) is 0 Å². The van der Waals surface area contributed by atoms with Crippen LogP contribution in [0.25, 0.3) is 0 Å². The van der Waals surface area contributed by atoms with Crippen LogP contribution in [0.5, 0.6) is 0 Å². The molecule has 1 spiro atoms. The second-order valence-electron chi connectivity index (χ2n) is 9.13. The van der Waals surface area contributed by atoms with E-state index in [9.17, 15) is 14.7 Å². The van der Waals surface area contributed by atoms with Gasteiger partial charge in [0.25, 0.3) is 0 Å². The van der Waals surface area contributed by atoms with Crippen LogP contribution in [0, 0.1) is 16.7 Å². The Morgan fingerprint density at radius 3 is 2.57 bits per heavy atom. The van der Waals surface area contributed by atoms with Gasteiger partial charge in [0.1, 0.15) is 12.2 Å². The van der Waals surface area contributed by atoms with E-state index in [1.54, 1.807) is 51.1 Å². The van der Waals surface area contributed by atoms with Gasteiger partial charge in [-0.2, -0.15) is 0 Å². The highest BCUT2D eigenvalue weighted by Crippen LogP contribution is 2.67. The number of carbonyl (C=O) groups is 2. The molecule has 1 saturated carbocycles. The van der Waals surface area contributed by atoms with E-state index >= 15 is 0 Å². The summed E-state index contributed by atoms with van der Waals surface area (Å²) in [5.41, 5.74) is -1.18. The molecule has 1 saturated heterocycles. The first-order valence-corrected chi connectivity index (χ1v) is 9.56. The maximum atomic E-state index is 12.6. The topological polar surface area (TPSA) is 82.1 Å². The fraction of sp³-hybridized carbons (Fsp3) is 0.545. The highest BCUT2D eigenvalue weighted by atomic mass is 16.8. The summed E-state index contributed by atoms with van der Waals surface area (Å²) in [6, 6.07) is 8.88. The van der Waals surface area contributed by atoms with Gasteiger partial charge < -0.3 is 19.3 Å². The zero-order chi connectivity index (χ0) is 20.4. The number of allylic oxidation sites excluding steroid dienone is 1. The van der Waals surface area contributed by atoms with Crippen molar-refractivity contribution in [3.63, 3.8) is 0 Å². The van der Waals surface area contributed by atoms with Crippen molar-refractivity contribution in [2.45, 2.75) is 45.7 Å². The van der Waals surface area contributed by atoms with Crippen molar-refractivity contribution in [2.75, 3.05) is 13.2 Å². The van der Waals surface area contributed by atoms with Gasteiger partial charge in [-0.15, -0.1) is 0 Å². The first-order valence-electron chi connectivity index (χ1n) is 9.56. The summed E-state index contributed by atoms with van der Waals surface area (Å²) in [6.07, 6.45) is 2.02. The zero-order valence-electron chi connectivity index (χ0n) is 16.7.